The summed E-state index contributed by atoms with van der Waals surface area (Å²) in [5, 5.41) is 0. The first-order chi connectivity index (χ1) is 9.36. The molecule has 1 aromatic heterocycles. The van der Waals surface area contributed by atoms with Gasteiger partial charge in [0, 0.05) is 10.7 Å². The maximum Gasteiger partial charge on any atom is 0.416 e. The van der Waals surface area contributed by atoms with Gasteiger partial charge >= 0.3 is 6.18 Å². The SMILES string of the molecule is NC(Cc1ccc(C(F)(F)F)cc1)c1ccc(Br)cn1. The van der Waals surface area contributed by atoms with Crippen LogP contribution in [-0.2, 0) is 12.6 Å². The molecule has 0 fully saturated rings. The molecule has 0 amide bonds. The van der Waals surface area contributed by atoms with E-state index in [4.69, 9.17) is 5.73 Å². The minimum atomic E-state index is -4.31. The predicted octanol–water partition coefficient (Wildman–Crippen LogP) is 4.11. The molecule has 2 aromatic rings. The molecule has 0 saturated carbocycles. The minimum Gasteiger partial charge on any atom is -0.322 e. The normalized spacial score (nSPS) is 13.2. The van der Waals surface area contributed by atoms with Crippen molar-refractivity contribution in [3.8, 4) is 0 Å². The Labute approximate surface area is 123 Å². The zero-order valence-corrected chi connectivity index (χ0v) is 11.9. The van der Waals surface area contributed by atoms with E-state index in [0.717, 1.165) is 22.2 Å². The van der Waals surface area contributed by atoms with Crippen LogP contribution in [0, 0.1) is 0 Å². The second-order valence-electron chi connectivity index (χ2n) is 4.41. The Morgan fingerprint density at radius 3 is 2.25 bits per heavy atom. The minimum absolute atomic E-state index is 0.347. The van der Waals surface area contributed by atoms with Crippen LogP contribution in [0.25, 0.3) is 0 Å². The van der Waals surface area contributed by atoms with Crippen molar-refractivity contribution in [2.75, 3.05) is 0 Å². The molecule has 1 unspecified atom stereocenters. The summed E-state index contributed by atoms with van der Waals surface area (Å²) in [6, 6.07) is 8.30. The zero-order valence-electron chi connectivity index (χ0n) is 10.4. The van der Waals surface area contributed by atoms with Crippen LogP contribution in [-0.4, -0.2) is 4.98 Å². The van der Waals surface area contributed by atoms with E-state index in [2.05, 4.69) is 20.9 Å². The maximum atomic E-state index is 12.4. The lowest BCUT2D eigenvalue weighted by atomic mass is 10.0. The van der Waals surface area contributed by atoms with Gasteiger partial charge in [-0.2, -0.15) is 13.2 Å². The molecule has 0 saturated heterocycles. The number of alkyl halides is 3. The van der Waals surface area contributed by atoms with Crippen LogP contribution in [0.5, 0.6) is 0 Å². The van der Waals surface area contributed by atoms with Gasteiger partial charge < -0.3 is 5.73 Å². The molecule has 1 aromatic carbocycles. The largest absolute Gasteiger partial charge is 0.416 e. The molecular formula is C14H12BrF3N2. The van der Waals surface area contributed by atoms with Crippen LogP contribution in [0.3, 0.4) is 0 Å². The van der Waals surface area contributed by atoms with Gasteiger partial charge in [0.05, 0.1) is 17.3 Å². The standard InChI is InChI=1S/C14H12BrF3N2/c15-11-5-6-13(20-8-11)12(19)7-9-1-3-10(4-2-9)14(16,17)18/h1-6,8,12H,7,19H2. The van der Waals surface area contributed by atoms with Crippen molar-refractivity contribution in [3.05, 3.63) is 63.9 Å². The van der Waals surface area contributed by atoms with Crippen molar-refractivity contribution < 1.29 is 13.2 Å². The summed E-state index contributed by atoms with van der Waals surface area (Å²) in [6.07, 6.45) is -2.23. The second kappa shape index (κ2) is 5.93. The van der Waals surface area contributed by atoms with E-state index in [1.165, 1.54) is 12.1 Å². The van der Waals surface area contributed by atoms with Crippen molar-refractivity contribution in [1.29, 1.82) is 0 Å². The summed E-state index contributed by atoms with van der Waals surface area (Å²) in [5.41, 5.74) is 6.79. The van der Waals surface area contributed by atoms with E-state index in [1.54, 1.807) is 12.3 Å². The number of hydrogen-bond donors (Lipinski definition) is 1. The number of nitrogens with zero attached hydrogens (tertiary/aromatic N) is 1. The predicted molar refractivity (Wildman–Crippen MR) is 74.0 cm³/mol. The molecule has 1 atom stereocenters. The van der Waals surface area contributed by atoms with Crippen molar-refractivity contribution in [2.45, 2.75) is 18.6 Å². The molecule has 106 valence electrons. The average Bonchev–Trinajstić information content (AvgIpc) is 2.39. The highest BCUT2D eigenvalue weighted by Crippen LogP contribution is 2.29. The van der Waals surface area contributed by atoms with Crippen molar-refractivity contribution in [1.82, 2.24) is 4.98 Å². The molecule has 2 N–H and O–H groups in total. The van der Waals surface area contributed by atoms with E-state index in [1.807, 2.05) is 6.07 Å². The van der Waals surface area contributed by atoms with Gasteiger partial charge in [-0.15, -0.1) is 0 Å². The van der Waals surface area contributed by atoms with Gasteiger partial charge in [0.2, 0.25) is 0 Å². The molecule has 0 aliphatic heterocycles. The third-order valence-electron chi connectivity index (χ3n) is 2.87. The van der Waals surface area contributed by atoms with E-state index < -0.39 is 11.7 Å². The molecule has 2 nitrogen and oxygen atoms in total. The number of hydrogen-bond acceptors (Lipinski definition) is 2. The molecule has 6 heteroatoms. The quantitative estimate of drug-likeness (QED) is 0.910. The molecule has 0 aliphatic carbocycles. The summed E-state index contributed by atoms with van der Waals surface area (Å²) >= 11 is 3.28. The number of pyridine rings is 1. The van der Waals surface area contributed by atoms with E-state index >= 15 is 0 Å². The van der Waals surface area contributed by atoms with Gasteiger partial charge in [-0.1, -0.05) is 12.1 Å². The van der Waals surface area contributed by atoms with Gasteiger partial charge in [-0.25, -0.2) is 0 Å². The first kappa shape index (κ1) is 15.0. The third kappa shape index (κ3) is 3.80. The van der Waals surface area contributed by atoms with Gasteiger partial charge in [0.25, 0.3) is 0 Å². The molecular weight excluding hydrogens is 333 g/mol. The van der Waals surface area contributed by atoms with Crippen molar-refractivity contribution in [3.63, 3.8) is 0 Å². The summed E-state index contributed by atoms with van der Waals surface area (Å²) in [4.78, 5) is 4.18. The van der Waals surface area contributed by atoms with Gasteiger partial charge in [-0.3, -0.25) is 4.98 Å². The first-order valence-corrected chi connectivity index (χ1v) is 6.69. The number of benzene rings is 1. The number of aromatic nitrogens is 1. The van der Waals surface area contributed by atoms with E-state index in [-0.39, 0.29) is 6.04 Å². The fraction of sp³-hybridized carbons (Fsp3) is 0.214. The fourth-order valence-corrected chi connectivity index (χ4v) is 2.03. The zero-order chi connectivity index (χ0) is 14.8. The topological polar surface area (TPSA) is 38.9 Å². The van der Waals surface area contributed by atoms with Crippen LogP contribution >= 0.6 is 15.9 Å². The summed E-state index contributed by atoms with van der Waals surface area (Å²) in [7, 11) is 0. The number of nitrogens with two attached hydrogens (primary N) is 1. The molecule has 0 radical (unpaired) electrons. The monoisotopic (exact) mass is 344 g/mol. The summed E-state index contributed by atoms with van der Waals surface area (Å²) in [6.45, 7) is 0. The van der Waals surface area contributed by atoms with Gasteiger partial charge in [0.1, 0.15) is 0 Å². The highest BCUT2D eigenvalue weighted by atomic mass is 79.9. The summed E-state index contributed by atoms with van der Waals surface area (Å²) in [5.74, 6) is 0. The highest BCUT2D eigenvalue weighted by molar-refractivity contribution is 9.10. The van der Waals surface area contributed by atoms with E-state index in [9.17, 15) is 13.2 Å². The Morgan fingerprint density at radius 1 is 1.10 bits per heavy atom. The van der Waals surface area contributed by atoms with Gasteiger partial charge in [-0.05, 0) is 52.2 Å². The van der Waals surface area contributed by atoms with Crippen molar-refractivity contribution in [2.24, 2.45) is 5.73 Å². The van der Waals surface area contributed by atoms with Crippen molar-refractivity contribution >= 4 is 15.9 Å². The first-order valence-electron chi connectivity index (χ1n) is 5.89. The molecule has 0 spiro atoms. The van der Waals surface area contributed by atoms with Crippen LogP contribution in [0.2, 0.25) is 0 Å². The van der Waals surface area contributed by atoms with Crippen LogP contribution in [0.4, 0.5) is 13.2 Å². The number of rotatable bonds is 3. The lowest BCUT2D eigenvalue weighted by Gasteiger charge is -2.12. The smallest absolute Gasteiger partial charge is 0.322 e. The average molecular weight is 345 g/mol. The Bertz CT molecular complexity index is 564. The summed E-state index contributed by atoms with van der Waals surface area (Å²) < 4.78 is 38.2. The lowest BCUT2D eigenvalue weighted by molar-refractivity contribution is -0.137. The third-order valence-corrected chi connectivity index (χ3v) is 3.34. The lowest BCUT2D eigenvalue weighted by Crippen LogP contribution is -2.15. The fourth-order valence-electron chi connectivity index (χ4n) is 1.79. The van der Waals surface area contributed by atoms with Crippen LogP contribution in [0.1, 0.15) is 22.9 Å². The van der Waals surface area contributed by atoms with Crippen LogP contribution < -0.4 is 5.73 Å². The Hall–Kier alpha value is -1.40. The second-order valence-corrected chi connectivity index (χ2v) is 5.32. The molecule has 0 bridgehead atoms. The molecule has 1 heterocycles. The Morgan fingerprint density at radius 2 is 1.75 bits per heavy atom. The highest BCUT2D eigenvalue weighted by Gasteiger charge is 2.29. The number of halogens is 4. The van der Waals surface area contributed by atoms with Crippen LogP contribution in [0.15, 0.2) is 47.1 Å². The Balaban J connectivity index is 2.08. The van der Waals surface area contributed by atoms with E-state index in [0.29, 0.717) is 12.1 Å². The molecule has 2 rings (SSSR count). The maximum absolute atomic E-state index is 12.4. The van der Waals surface area contributed by atoms with Gasteiger partial charge in [0.15, 0.2) is 0 Å². The molecule has 0 aliphatic rings. The molecule has 20 heavy (non-hydrogen) atoms. The Kier molecular flexibility index (Phi) is 4.45.